The van der Waals surface area contributed by atoms with Gasteiger partial charge in [0.1, 0.15) is 0 Å². The molecule has 0 aromatic heterocycles. The summed E-state index contributed by atoms with van der Waals surface area (Å²) in [5, 5.41) is 7.15. The van der Waals surface area contributed by atoms with E-state index in [-0.39, 0.29) is 32.8 Å². The highest BCUT2D eigenvalue weighted by molar-refractivity contribution is 6.42. The molecule has 3 aromatic rings. The monoisotopic (exact) mass is 553 g/mol. The van der Waals surface area contributed by atoms with Crippen LogP contribution in [0, 0.1) is 0 Å². The third-order valence-electron chi connectivity index (χ3n) is 4.30. The number of halogens is 4. The van der Waals surface area contributed by atoms with Crippen LogP contribution in [0.3, 0.4) is 0 Å². The number of anilines is 1. The van der Waals surface area contributed by atoms with Crippen molar-refractivity contribution in [2.45, 2.75) is 0 Å². The number of amides is 2. The Morgan fingerprint density at radius 2 is 1.54 bits per heavy atom. The quantitative estimate of drug-likeness (QED) is 0.135. The third-order valence-corrected chi connectivity index (χ3v) is 5.42. The SMILES string of the molecule is COc1cc(/C=N\NC(=O)C(=O)Nc2cc(Cl)ccc2Cl)ccc1OC(=O)c1ccc(Cl)cc1Cl. The minimum Gasteiger partial charge on any atom is -0.493 e. The lowest BCUT2D eigenvalue weighted by Gasteiger charge is -2.10. The number of benzene rings is 3. The number of nitrogens with zero attached hydrogens (tertiary/aromatic N) is 1. The second-order valence-corrected chi connectivity index (χ2v) is 8.39. The second-order valence-electron chi connectivity index (χ2n) is 6.70. The van der Waals surface area contributed by atoms with Gasteiger partial charge in [0.25, 0.3) is 0 Å². The fourth-order valence-electron chi connectivity index (χ4n) is 2.65. The largest absolute Gasteiger partial charge is 0.493 e. The average Bonchev–Trinajstić information content (AvgIpc) is 2.82. The molecule has 0 aliphatic rings. The molecular weight excluding hydrogens is 540 g/mol. The molecule has 35 heavy (non-hydrogen) atoms. The van der Waals surface area contributed by atoms with Crippen molar-refractivity contribution in [3.63, 3.8) is 0 Å². The van der Waals surface area contributed by atoms with Crippen LogP contribution in [0.2, 0.25) is 20.1 Å². The number of carbonyl (C=O) groups excluding carboxylic acids is 3. The maximum atomic E-state index is 12.4. The van der Waals surface area contributed by atoms with Gasteiger partial charge in [-0.15, -0.1) is 0 Å². The molecule has 2 N–H and O–H groups in total. The summed E-state index contributed by atoms with van der Waals surface area (Å²) < 4.78 is 10.6. The van der Waals surface area contributed by atoms with E-state index in [0.717, 1.165) is 0 Å². The highest BCUT2D eigenvalue weighted by Crippen LogP contribution is 2.30. The number of hydrazone groups is 1. The van der Waals surface area contributed by atoms with Gasteiger partial charge in [-0.05, 0) is 60.2 Å². The summed E-state index contributed by atoms with van der Waals surface area (Å²) in [4.78, 5) is 36.5. The van der Waals surface area contributed by atoms with E-state index in [0.29, 0.717) is 15.6 Å². The number of esters is 1. The Bertz CT molecular complexity index is 1330. The standard InChI is InChI=1S/C23H15Cl4N3O5/c1-34-20-8-12(2-7-19(20)35-23(33)15-5-3-13(24)9-17(15)27)11-28-30-22(32)21(31)29-18-10-14(25)4-6-16(18)26/h2-11H,1H3,(H,29,31)(H,30,32)/b28-11-. The first-order valence-electron chi connectivity index (χ1n) is 9.62. The molecule has 0 spiro atoms. The van der Waals surface area contributed by atoms with Gasteiger partial charge in [-0.1, -0.05) is 46.4 Å². The van der Waals surface area contributed by atoms with Crippen LogP contribution < -0.4 is 20.2 Å². The van der Waals surface area contributed by atoms with Crippen LogP contribution >= 0.6 is 46.4 Å². The zero-order chi connectivity index (χ0) is 25.5. The van der Waals surface area contributed by atoms with Crippen molar-refractivity contribution in [3.05, 3.63) is 85.8 Å². The van der Waals surface area contributed by atoms with Crippen LogP contribution in [0.15, 0.2) is 59.7 Å². The average molecular weight is 555 g/mol. The molecule has 8 nitrogen and oxygen atoms in total. The molecule has 0 saturated heterocycles. The summed E-state index contributed by atoms with van der Waals surface area (Å²) in [5.74, 6) is -2.39. The van der Waals surface area contributed by atoms with Crippen molar-refractivity contribution in [2.75, 3.05) is 12.4 Å². The first-order chi connectivity index (χ1) is 16.7. The molecule has 0 heterocycles. The maximum Gasteiger partial charge on any atom is 0.345 e. The van der Waals surface area contributed by atoms with E-state index in [1.807, 2.05) is 0 Å². The van der Waals surface area contributed by atoms with Crippen molar-refractivity contribution in [2.24, 2.45) is 5.10 Å². The Morgan fingerprint density at radius 3 is 2.26 bits per heavy atom. The predicted molar refractivity (Wildman–Crippen MR) is 135 cm³/mol. The van der Waals surface area contributed by atoms with Gasteiger partial charge >= 0.3 is 17.8 Å². The van der Waals surface area contributed by atoms with E-state index < -0.39 is 17.8 Å². The van der Waals surface area contributed by atoms with Crippen molar-refractivity contribution in [1.29, 1.82) is 0 Å². The Morgan fingerprint density at radius 1 is 0.829 bits per heavy atom. The Labute approximate surface area is 219 Å². The molecule has 0 fully saturated rings. The number of ether oxygens (including phenoxy) is 2. The zero-order valence-electron chi connectivity index (χ0n) is 17.8. The van der Waals surface area contributed by atoms with E-state index in [2.05, 4.69) is 15.8 Å². The summed E-state index contributed by atoms with van der Waals surface area (Å²) in [6.45, 7) is 0. The number of carbonyl (C=O) groups is 3. The molecule has 3 aromatic carbocycles. The van der Waals surface area contributed by atoms with Crippen LogP contribution in [0.25, 0.3) is 0 Å². The molecule has 12 heteroatoms. The lowest BCUT2D eigenvalue weighted by Crippen LogP contribution is -2.32. The lowest BCUT2D eigenvalue weighted by molar-refractivity contribution is -0.136. The van der Waals surface area contributed by atoms with Crippen LogP contribution in [0.4, 0.5) is 5.69 Å². The van der Waals surface area contributed by atoms with Crippen molar-refractivity contribution in [1.82, 2.24) is 5.43 Å². The minimum absolute atomic E-state index is 0.127. The summed E-state index contributed by atoms with van der Waals surface area (Å²) in [6, 6.07) is 13.3. The molecule has 0 saturated carbocycles. The van der Waals surface area contributed by atoms with E-state index in [1.54, 1.807) is 6.07 Å². The molecule has 0 aliphatic carbocycles. The van der Waals surface area contributed by atoms with E-state index in [1.165, 1.54) is 61.9 Å². The second kappa shape index (κ2) is 11.9. The minimum atomic E-state index is -1.03. The van der Waals surface area contributed by atoms with Crippen molar-refractivity contribution >= 4 is 76.1 Å². The van der Waals surface area contributed by atoms with Gasteiger partial charge in [-0.25, -0.2) is 10.2 Å². The number of hydrogen-bond acceptors (Lipinski definition) is 6. The molecule has 0 atom stereocenters. The number of methoxy groups -OCH3 is 1. The number of rotatable bonds is 6. The Balaban J connectivity index is 1.63. The molecular formula is C23H15Cl4N3O5. The highest BCUT2D eigenvalue weighted by atomic mass is 35.5. The van der Waals surface area contributed by atoms with Gasteiger partial charge in [0, 0.05) is 10.0 Å². The zero-order valence-corrected chi connectivity index (χ0v) is 20.8. The molecule has 3 rings (SSSR count). The van der Waals surface area contributed by atoms with E-state index in [4.69, 9.17) is 55.9 Å². The van der Waals surface area contributed by atoms with Crippen LogP contribution in [-0.2, 0) is 9.59 Å². The lowest BCUT2D eigenvalue weighted by atomic mass is 10.2. The first kappa shape index (κ1) is 26.3. The van der Waals surface area contributed by atoms with Crippen LogP contribution in [0.5, 0.6) is 11.5 Å². The Kier molecular flexibility index (Phi) is 8.95. The number of nitrogens with one attached hydrogen (secondary N) is 2. The summed E-state index contributed by atoms with van der Waals surface area (Å²) in [7, 11) is 1.38. The summed E-state index contributed by atoms with van der Waals surface area (Å²) in [5.41, 5.74) is 2.88. The fourth-order valence-corrected chi connectivity index (χ4v) is 3.47. The van der Waals surface area contributed by atoms with Gasteiger partial charge in [0.15, 0.2) is 11.5 Å². The van der Waals surface area contributed by atoms with Gasteiger partial charge in [-0.3, -0.25) is 9.59 Å². The summed E-state index contributed by atoms with van der Waals surface area (Å²) in [6.07, 6.45) is 1.27. The van der Waals surface area contributed by atoms with E-state index >= 15 is 0 Å². The number of hydrogen-bond donors (Lipinski definition) is 2. The molecule has 0 radical (unpaired) electrons. The molecule has 0 aliphatic heterocycles. The van der Waals surface area contributed by atoms with Gasteiger partial charge < -0.3 is 14.8 Å². The fraction of sp³-hybridized carbons (Fsp3) is 0.0435. The first-order valence-corrected chi connectivity index (χ1v) is 11.1. The van der Waals surface area contributed by atoms with Crippen molar-refractivity contribution in [3.8, 4) is 11.5 Å². The summed E-state index contributed by atoms with van der Waals surface area (Å²) >= 11 is 23.7. The molecule has 0 bridgehead atoms. The Hall–Kier alpha value is -3.30. The molecule has 2 amide bonds. The van der Waals surface area contributed by atoms with Crippen LogP contribution in [-0.4, -0.2) is 31.1 Å². The smallest absolute Gasteiger partial charge is 0.345 e. The van der Waals surface area contributed by atoms with Gasteiger partial charge in [-0.2, -0.15) is 5.10 Å². The maximum absolute atomic E-state index is 12.4. The normalized spacial score (nSPS) is 10.7. The van der Waals surface area contributed by atoms with Gasteiger partial charge in [0.05, 0.1) is 34.6 Å². The van der Waals surface area contributed by atoms with Gasteiger partial charge in [0.2, 0.25) is 0 Å². The molecule has 0 unspecified atom stereocenters. The predicted octanol–water partition coefficient (Wildman–Crippen LogP) is 5.62. The van der Waals surface area contributed by atoms with Crippen LogP contribution in [0.1, 0.15) is 15.9 Å². The highest BCUT2D eigenvalue weighted by Gasteiger charge is 2.17. The topological polar surface area (TPSA) is 106 Å². The van der Waals surface area contributed by atoms with E-state index in [9.17, 15) is 14.4 Å². The molecule has 180 valence electrons. The van der Waals surface area contributed by atoms with Crippen molar-refractivity contribution < 1.29 is 23.9 Å². The third kappa shape index (κ3) is 7.10.